The summed E-state index contributed by atoms with van der Waals surface area (Å²) in [6, 6.07) is 10.1. The van der Waals surface area contributed by atoms with E-state index in [1.165, 1.54) is 5.56 Å². The monoisotopic (exact) mass is 348 g/mol. The topological polar surface area (TPSA) is 49.8 Å². The summed E-state index contributed by atoms with van der Waals surface area (Å²) in [6.07, 6.45) is 0. The van der Waals surface area contributed by atoms with Crippen molar-refractivity contribution < 1.29 is 0 Å². The molecule has 2 aromatic rings. The molecule has 0 spiro atoms. The first-order valence-corrected chi connectivity index (χ1v) is 7.74. The Kier molecular flexibility index (Phi) is 4.83. The van der Waals surface area contributed by atoms with Gasteiger partial charge in [0.05, 0.1) is 0 Å². The van der Waals surface area contributed by atoms with E-state index in [9.17, 15) is 0 Å². The highest BCUT2D eigenvalue weighted by Crippen LogP contribution is 2.23. The number of aromatic nitrogens is 2. The summed E-state index contributed by atoms with van der Waals surface area (Å²) >= 11 is 3.56. The van der Waals surface area contributed by atoms with Crippen molar-refractivity contribution in [2.24, 2.45) is 0 Å². The molecule has 0 saturated heterocycles. The first-order chi connectivity index (χ1) is 9.90. The molecule has 0 aliphatic heterocycles. The van der Waals surface area contributed by atoms with E-state index in [0.29, 0.717) is 6.54 Å². The molecule has 2 N–H and O–H groups in total. The van der Waals surface area contributed by atoms with Gasteiger partial charge in [-0.1, -0.05) is 54.9 Å². The van der Waals surface area contributed by atoms with E-state index in [2.05, 4.69) is 63.4 Å². The Morgan fingerprint density at radius 3 is 2.38 bits per heavy atom. The van der Waals surface area contributed by atoms with Crippen molar-refractivity contribution in [2.45, 2.75) is 32.7 Å². The number of hydrogen-bond acceptors (Lipinski definition) is 4. The van der Waals surface area contributed by atoms with E-state index >= 15 is 0 Å². The number of rotatable bonds is 4. The fourth-order valence-corrected chi connectivity index (χ4v) is 2.25. The summed E-state index contributed by atoms with van der Waals surface area (Å²) < 4.78 is 1.09. The number of benzene rings is 1. The van der Waals surface area contributed by atoms with Gasteiger partial charge >= 0.3 is 0 Å². The van der Waals surface area contributed by atoms with Gasteiger partial charge < -0.3 is 10.6 Å². The first kappa shape index (κ1) is 15.8. The van der Waals surface area contributed by atoms with Gasteiger partial charge in [0, 0.05) is 29.5 Å². The van der Waals surface area contributed by atoms with Crippen LogP contribution in [-0.2, 0) is 12.0 Å². The summed E-state index contributed by atoms with van der Waals surface area (Å²) in [7, 11) is 1.87. The molecule has 0 radical (unpaired) electrons. The number of halogens is 1. The number of nitrogens with one attached hydrogen (secondary N) is 2. The Hall–Kier alpha value is -1.62. The predicted octanol–water partition coefficient (Wildman–Crippen LogP) is 4.19. The van der Waals surface area contributed by atoms with Crippen LogP contribution in [0, 0.1) is 0 Å². The second-order valence-corrected chi connectivity index (χ2v) is 6.76. The number of hydrogen-bond donors (Lipinski definition) is 2. The third-order valence-electron chi connectivity index (χ3n) is 3.07. The molecule has 0 saturated carbocycles. The average molecular weight is 349 g/mol. The van der Waals surface area contributed by atoms with Crippen molar-refractivity contribution in [1.82, 2.24) is 9.97 Å². The van der Waals surface area contributed by atoms with Crippen LogP contribution in [0.15, 0.2) is 34.8 Å². The molecular formula is C16H21BrN4. The SMILES string of the molecule is CNc1cc(NCc2ccccc2Br)nc(C(C)(C)C)n1. The molecule has 0 atom stereocenters. The summed E-state index contributed by atoms with van der Waals surface area (Å²) in [5.74, 6) is 2.48. The minimum Gasteiger partial charge on any atom is -0.373 e. The molecule has 21 heavy (non-hydrogen) atoms. The van der Waals surface area contributed by atoms with Crippen molar-refractivity contribution in [2.75, 3.05) is 17.7 Å². The molecule has 1 aromatic heterocycles. The van der Waals surface area contributed by atoms with E-state index in [1.807, 2.05) is 31.3 Å². The maximum absolute atomic E-state index is 4.62. The van der Waals surface area contributed by atoms with Crippen LogP contribution < -0.4 is 10.6 Å². The zero-order valence-corrected chi connectivity index (χ0v) is 14.5. The molecule has 112 valence electrons. The zero-order valence-electron chi connectivity index (χ0n) is 12.9. The van der Waals surface area contributed by atoms with Crippen LogP contribution >= 0.6 is 15.9 Å². The second-order valence-electron chi connectivity index (χ2n) is 5.91. The molecule has 1 aromatic carbocycles. The fourth-order valence-electron chi connectivity index (χ4n) is 1.83. The Bertz CT molecular complexity index is 620. The molecular weight excluding hydrogens is 328 g/mol. The Morgan fingerprint density at radius 1 is 1.10 bits per heavy atom. The Morgan fingerprint density at radius 2 is 1.76 bits per heavy atom. The van der Waals surface area contributed by atoms with Crippen molar-refractivity contribution >= 4 is 27.6 Å². The fraction of sp³-hybridized carbons (Fsp3) is 0.375. The lowest BCUT2D eigenvalue weighted by atomic mass is 9.96. The largest absolute Gasteiger partial charge is 0.373 e. The average Bonchev–Trinajstić information content (AvgIpc) is 2.45. The van der Waals surface area contributed by atoms with Gasteiger partial charge in [-0.2, -0.15) is 0 Å². The Balaban J connectivity index is 2.22. The van der Waals surface area contributed by atoms with E-state index in [-0.39, 0.29) is 5.41 Å². The zero-order chi connectivity index (χ0) is 15.5. The summed E-state index contributed by atoms with van der Waals surface area (Å²) in [5.41, 5.74) is 1.11. The van der Waals surface area contributed by atoms with Crippen LogP contribution in [0.3, 0.4) is 0 Å². The van der Waals surface area contributed by atoms with Crippen LogP contribution in [0.4, 0.5) is 11.6 Å². The third kappa shape index (κ3) is 4.17. The van der Waals surface area contributed by atoms with Crippen molar-refractivity contribution in [3.05, 3.63) is 46.2 Å². The molecule has 2 rings (SSSR count). The van der Waals surface area contributed by atoms with Crippen molar-refractivity contribution in [3.8, 4) is 0 Å². The molecule has 0 amide bonds. The molecule has 0 aliphatic rings. The van der Waals surface area contributed by atoms with E-state index in [1.54, 1.807) is 0 Å². The third-order valence-corrected chi connectivity index (χ3v) is 3.84. The first-order valence-electron chi connectivity index (χ1n) is 6.95. The summed E-state index contributed by atoms with van der Waals surface area (Å²) in [6.45, 7) is 7.04. The van der Waals surface area contributed by atoms with Crippen LogP contribution in [-0.4, -0.2) is 17.0 Å². The molecule has 0 bridgehead atoms. The van der Waals surface area contributed by atoms with Crippen LogP contribution in [0.25, 0.3) is 0 Å². The van der Waals surface area contributed by atoms with Gasteiger partial charge in [0.2, 0.25) is 0 Å². The minimum atomic E-state index is -0.0867. The molecule has 0 aliphatic carbocycles. The predicted molar refractivity (Wildman–Crippen MR) is 91.7 cm³/mol. The number of nitrogens with zero attached hydrogens (tertiary/aromatic N) is 2. The molecule has 0 unspecified atom stereocenters. The van der Waals surface area contributed by atoms with Gasteiger partial charge in [0.15, 0.2) is 0 Å². The molecule has 5 heteroatoms. The van der Waals surface area contributed by atoms with Gasteiger partial charge in [-0.3, -0.25) is 0 Å². The molecule has 0 fully saturated rings. The van der Waals surface area contributed by atoms with Crippen LogP contribution in [0.5, 0.6) is 0 Å². The van der Waals surface area contributed by atoms with Crippen LogP contribution in [0.2, 0.25) is 0 Å². The highest BCUT2D eigenvalue weighted by atomic mass is 79.9. The van der Waals surface area contributed by atoms with Crippen molar-refractivity contribution in [1.29, 1.82) is 0 Å². The standard InChI is InChI=1S/C16H21BrN4/c1-16(2,3)15-20-13(18-4)9-14(21-15)19-10-11-7-5-6-8-12(11)17/h5-9H,10H2,1-4H3,(H2,18,19,20,21). The maximum atomic E-state index is 4.62. The van der Waals surface area contributed by atoms with Gasteiger partial charge in [0.25, 0.3) is 0 Å². The van der Waals surface area contributed by atoms with Gasteiger partial charge in [-0.25, -0.2) is 9.97 Å². The molecule has 4 nitrogen and oxygen atoms in total. The lowest BCUT2D eigenvalue weighted by molar-refractivity contribution is 0.546. The van der Waals surface area contributed by atoms with E-state index < -0.39 is 0 Å². The highest BCUT2D eigenvalue weighted by Gasteiger charge is 2.19. The van der Waals surface area contributed by atoms with E-state index in [4.69, 9.17) is 0 Å². The van der Waals surface area contributed by atoms with Crippen LogP contribution in [0.1, 0.15) is 32.2 Å². The van der Waals surface area contributed by atoms with Gasteiger partial charge in [-0.05, 0) is 11.6 Å². The highest BCUT2D eigenvalue weighted by molar-refractivity contribution is 9.10. The quantitative estimate of drug-likeness (QED) is 0.869. The lowest BCUT2D eigenvalue weighted by Gasteiger charge is -2.19. The normalized spacial score (nSPS) is 11.3. The second kappa shape index (κ2) is 6.43. The van der Waals surface area contributed by atoms with Gasteiger partial charge in [-0.15, -0.1) is 0 Å². The van der Waals surface area contributed by atoms with Gasteiger partial charge in [0.1, 0.15) is 17.5 Å². The van der Waals surface area contributed by atoms with Crippen molar-refractivity contribution in [3.63, 3.8) is 0 Å². The summed E-state index contributed by atoms with van der Waals surface area (Å²) in [5, 5.41) is 6.46. The number of anilines is 2. The van der Waals surface area contributed by atoms with E-state index in [0.717, 1.165) is 21.9 Å². The Labute approximate surface area is 134 Å². The summed E-state index contributed by atoms with van der Waals surface area (Å²) in [4.78, 5) is 9.14. The lowest BCUT2D eigenvalue weighted by Crippen LogP contribution is -2.18. The minimum absolute atomic E-state index is 0.0867. The molecule has 1 heterocycles. The maximum Gasteiger partial charge on any atom is 0.138 e. The smallest absolute Gasteiger partial charge is 0.138 e.